The number of nitrogens with one attached hydrogen (secondary N) is 1. The number of hydrogen-bond acceptors (Lipinski definition) is 3. The van der Waals surface area contributed by atoms with Gasteiger partial charge in [-0.05, 0) is 51.7 Å². The van der Waals surface area contributed by atoms with Crippen LogP contribution in [0.3, 0.4) is 0 Å². The summed E-state index contributed by atoms with van der Waals surface area (Å²) in [5, 5.41) is 3.29. The van der Waals surface area contributed by atoms with E-state index in [9.17, 15) is 0 Å². The molecule has 3 nitrogen and oxygen atoms in total. The lowest BCUT2D eigenvalue weighted by molar-refractivity contribution is 0.409. The lowest BCUT2D eigenvalue weighted by Gasteiger charge is -2.29. The summed E-state index contributed by atoms with van der Waals surface area (Å²) >= 11 is 3.73. The highest BCUT2D eigenvalue weighted by molar-refractivity contribution is 9.10. The van der Waals surface area contributed by atoms with Crippen LogP contribution in [0.2, 0.25) is 0 Å². The van der Waals surface area contributed by atoms with Crippen LogP contribution in [0.15, 0.2) is 22.7 Å². The molecule has 0 aliphatic heterocycles. The van der Waals surface area contributed by atoms with Gasteiger partial charge >= 0.3 is 0 Å². The van der Waals surface area contributed by atoms with E-state index in [4.69, 9.17) is 0 Å². The third-order valence-corrected chi connectivity index (χ3v) is 4.34. The third-order valence-electron chi connectivity index (χ3n) is 3.65. The van der Waals surface area contributed by atoms with E-state index in [0.29, 0.717) is 12.0 Å². The van der Waals surface area contributed by atoms with E-state index < -0.39 is 0 Å². The second-order valence-corrected chi connectivity index (χ2v) is 7.21. The van der Waals surface area contributed by atoms with Crippen LogP contribution in [0.4, 0.5) is 5.69 Å². The zero-order valence-corrected chi connectivity index (χ0v) is 15.9. The zero-order valence-electron chi connectivity index (χ0n) is 14.3. The number of anilines is 1. The van der Waals surface area contributed by atoms with Crippen molar-refractivity contribution in [1.29, 1.82) is 0 Å². The van der Waals surface area contributed by atoms with Gasteiger partial charge in [0.1, 0.15) is 0 Å². The van der Waals surface area contributed by atoms with Gasteiger partial charge in [-0.25, -0.2) is 0 Å². The molecular formula is C17H30BrN3. The molecular weight excluding hydrogens is 326 g/mol. The molecule has 1 atom stereocenters. The lowest BCUT2D eigenvalue weighted by atomic mass is 10.1. The summed E-state index contributed by atoms with van der Waals surface area (Å²) < 4.78 is 1.18. The van der Waals surface area contributed by atoms with Crippen molar-refractivity contribution >= 4 is 21.6 Å². The molecule has 0 aromatic heterocycles. The molecule has 0 heterocycles. The van der Waals surface area contributed by atoms with Crippen molar-refractivity contribution in [2.24, 2.45) is 5.92 Å². The van der Waals surface area contributed by atoms with Crippen LogP contribution in [-0.4, -0.2) is 45.7 Å². The number of nitrogens with zero attached hydrogens (tertiary/aromatic N) is 2. The lowest BCUT2D eigenvalue weighted by Crippen LogP contribution is -2.34. The van der Waals surface area contributed by atoms with Crippen LogP contribution in [0.1, 0.15) is 32.4 Å². The molecule has 1 unspecified atom stereocenters. The molecule has 1 N–H and O–H groups in total. The first-order valence-electron chi connectivity index (χ1n) is 7.71. The minimum Gasteiger partial charge on any atom is -0.370 e. The standard InChI is InChI=1S/C17H30BrN3/c1-13(2)12-21(10-9-20(5)6)15-7-8-16(14(3)19-4)17(18)11-15/h7-8,11,13-14,19H,9-10,12H2,1-6H3. The monoisotopic (exact) mass is 355 g/mol. The highest BCUT2D eigenvalue weighted by Gasteiger charge is 2.13. The van der Waals surface area contributed by atoms with Gasteiger partial charge < -0.3 is 15.1 Å². The maximum absolute atomic E-state index is 3.73. The van der Waals surface area contributed by atoms with E-state index in [1.54, 1.807) is 0 Å². The van der Waals surface area contributed by atoms with Crippen LogP contribution in [0.5, 0.6) is 0 Å². The average Bonchev–Trinajstić information content (AvgIpc) is 2.42. The number of halogens is 1. The second kappa shape index (κ2) is 8.76. The Bertz CT molecular complexity index is 432. The van der Waals surface area contributed by atoms with Gasteiger partial charge in [0, 0.05) is 35.8 Å². The molecule has 21 heavy (non-hydrogen) atoms. The number of rotatable bonds is 8. The molecule has 0 aliphatic carbocycles. The minimum absolute atomic E-state index is 0.355. The van der Waals surface area contributed by atoms with Crippen molar-refractivity contribution in [2.75, 3.05) is 45.7 Å². The minimum atomic E-state index is 0.355. The Morgan fingerprint density at radius 3 is 2.29 bits per heavy atom. The summed E-state index contributed by atoms with van der Waals surface area (Å²) in [4.78, 5) is 4.71. The van der Waals surface area contributed by atoms with Crippen LogP contribution in [-0.2, 0) is 0 Å². The van der Waals surface area contributed by atoms with Gasteiger partial charge in [0.2, 0.25) is 0 Å². The molecule has 120 valence electrons. The largest absolute Gasteiger partial charge is 0.370 e. The quantitative estimate of drug-likeness (QED) is 0.765. The summed E-state index contributed by atoms with van der Waals surface area (Å²) in [5.41, 5.74) is 2.60. The molecule has 0 amide bonds. The normalized spacial score (nSPS) is 13.0. The third kappa shape index (κ3) is 5.97. The van der Waals surface area contributed by atoms with Crippen LogP contribution in [0.25, 0.3) is 0 Å². The summed E-state index contributed by atoms with van der Waals surface area (Å²) in [7, 11) is 6.25. The Labute approximate surface area is 138 Å². The topological polar surface area (TPSA) is 18.5 Å². The first kappa shape index (κ1) is 18.5. The Kier molecular flexibility index (Phi) is 7.71. The van der Waals surface area contributed by atoms with Gasteiger partial charge in [-0.3, -0.25) is 0 Å². The van der Waals surface area contributed by atoms with Gasteiger partial charge in [-0.15, -0.1) is 0 Å². The van der Waals surface area contributed by atoms with E-state index in [2.05, 4.69) is 84.1 Å². The molecule has 1 aromatic rings. The summed E-state index contributed by atoms with van der Waals surface area (Å²) in [6.07, 6.45) is 0. The van der Waals surface area contributed by atoms with Crippen LogP contribution >= 0.6 is 15.9 Å². The van der Waals surface area contributed by atoms with Gasteiger partial charge in [0.05, 0.1) is 0 Å². The Morgan fingerprint density at radius 2 is 1.81 bits per heavy atom. The number of hydrogen-bond donors (Lipinski definition) is 1. The van der Waals surface area contributed by atoms with Crippen molar-refractivity contribution in [1.82, 2.24) is 10.2 Å². The van der Waals surface area contributed by atoms with Gasteiger partial charge in [0.15, 0.2) is 0 Å². The molecule has 0 saturated carbocycles. The smallest absolute Gasteiger partial charge is 0.0378 e. The van der Waals surface area contributed by atoms with E-state index >= 15 is 0 Å². The SMILES string of the molecule is CNC(C)c1ccc(N(CCN(C)C)CC(C)C)cc1Br. The summed E-state index contributed by atoms with van der Waals surface area (Å²) in [6.45, 7) is 9.93. The predicted molar refractivity (Wildman–Crippen MR) is 97.2 cm³/mol. The van der Waals surface area contributed by atoms with Crippen LogP contribution in [0, 0.1) is 5.92 Å². The van der Waals surface area contributed by atoms with E-state index in [0.717, 1.165) is 19.6 Å². The summed E-state index contributed by atoms with van der Waals surface area (Å²) in [6, 6.07) is 7.07. The first-order chi connectivity index (χ1) is 9.85. The number of benzene rings is 1. The predicted octanol–water partition coefficient (Wildman–Crippen LogP) is 3.75. The fourth-order valence-electron chi connectivity index (χ4n) is 2.31. The maximum atomic E-state index is 3.73. The first-order valence-corrected chi connectivity index (χ1v) is 8.50. The molecule has 0 aliphatic rings. The summed E-state index contributed by atoms with van der Waals surface area (Å²) in [5.74, 6) is 0.654. The molecule has 0 bridgehead atoms. The van der Waals surface area contributed by atoms with Crippen molar-refractivity contribution < 1.29 is 0 Å². The fourth-order valence-corrected chi connectivity index (χ4v) is 3.02. The van der Waals surface area contributed by atoms with E-state index in [1.807, 2.05) is 7.05 Å². The van der Waals surface area contributed by atoms with Gasteiger partial charge in [0.25, 0.3) is 0 Å². The molecule has 0 fully saturated rings. The van der Waals surface area contributed by atoms with Crippen molar-refractivity contribution in [3.05, 3.63) is 28.2 Å². The fraction of sp³-hybridized carbons (Fsp3) is 0.647. The molecule has 1 aromatic carbocycles. The Morgan fingerprint density at radius 1 is 1.14 bits per heavy atom. The van der Waals surface area contributed by atoms with Crippen molar-refractivity contribution in [3.8, 4) is 0 Å². The molecule has 0 radical (unpaired) electrons. The average molecular weight is 356 g/mol. The van der Waals surface area contributed by atoms with Crippen LogP contribution < -0.4 is 10.2 Å². The van der Waals surface area contributed by atoms with E-state index in [-0.39, 0.29) is 0 Å². The van der Waals surface area contributed by atoms with Gasteiger partial charge in [-0.2, -0.15) is 0 Å². The van der Waals surface area contributed by atoms with Crippen molar-refractivity contribution in [3.63, 3.8) is 0 Å². The highest BCUT2D eigenvalue weighted by Crippen LogP contribution is 2.28. The van der Waals surface area contributed by atoms with Crippen molar-refractivity contribution in [2.45, 2.75) is 26.8 Å². The maximum Gasteiger partial charge on any atom is 0.0378 e. The Hall–Kier alpha value is -0.580. The molecule has 4 heteroatoms. The highest BCUT2D eigenvalue weighted by atomic mass is 79.9. The zero-order chi connectivity index (χ0) is 16.0. The molecule has 0 spiro atoms. The Balaban J connectivity index is 2.93. The molecule has 0 saturated heterocycles. The second-order valence-electron chi connectivity index (χ2n) is 6.36. The number of likely N-dealkylation sites (N-methyl/N-ethyl adjacent to an activating group) is 1. The van der Waals surface area contributed by atoms with Gasteiger partial charge in [-0.1, -0.05) is 35.8 Å². The van der Waals surface area contributed by atoms with E-state index in [1.165, 1.54) is 15.7 Å². The molecule has 1 rings (SSSR count).